The molecule has 0 fully saturated rings. The lowest BCUT2D eigenvalue weighted by atomic mass is 10.6. The van der Waals surface area contributed by atoms with Crippen LogP contribution >= 0.6 is 0 Å². The normalized spacial score (nSPS) is 31.8. The highest BCUT2D eigenvalue weighted by molar-refractivity contribution is 4.89. The fourth-order valence-corrected chi connectivity index (χ4v) is 0.373. The molecule has 0 aromatic heterocycles. The number of hydrogen-bond acceptors (Lipinski definition) is 1. The van der Waals surface area contributed by atoms with E-state index in [1.54, 1.807) is 6.08 Å². The molecule has 1 aliphatic rings. The van der Waals surface area contributed by atoms with Crippen molar-refractivity contribution in [2.75, 3.05) is 6.61 Å². The summed E-state index contributed by atoms with van der Waals surface area (Å²) in [7, 11) is 0. The second-order valence-electron chi connectivity index (χ2n) is 1.13. The van der Waals surface area contributed by atoms with Gasteiger partial charge in [0.25, 0.3) is 0 Å². The Kier molecular flexibility index (Phi) is 0.900. The van der Waals surface area contributed by atoms with Crippen LogP contribution in [-0.2, 0) is 9.84 Å². The molecule has 0 aliphatic carbocycles. The zero-order valence-corrected chi connectivity index (χ0v) is 3.26. The van der Waals surface area contributed by atoms with Crippen molar-refractivity contribution in [3.8, 4) is 0 Å². The molecule has 1 heterocycles. The summed E-state index contributed by atoms with van der Waals surface area (Å²) in [4.78, 5) is 0. The molecular weight excluding hydrogens is 80.0 g/mol. The van der Waals surface area contributed by atoms with Gasteiger partial charge in [0.15, 0.2) is 0 Å². The first-order valence-corrected chi connectivity index (χ1v) is 1.83. The van der Waals surface area contributed by atoms with Crippen LogP contribution in [0.3, 0.4) is 0 Å². The van der Waals surface area contributed by atoms with Crippen LogP contribution in [-0.4, -0.2) is 12.9 Å². The van der Waals surface area contributed by atoms with Gasteiger partial charge in [-0.2, -0.15) is 5.11 Å². The van der Waals surface area contributed by atoms with Crippen LogP contribution < -0.4 is 0 Å². The quantitative estimate of drug-likeness (QED) is 0.390. The van der Waals surface area contributed by atoms with Crippen LogP contribution in [0.5, 0.6) is 0 Å². The Morgan fingerprint density at radius 2 is 2.67 bits per heavy atom. The van der Waals surface area contributed by atoms with Crippen molar-refractivity contribution < 1.29 is 9.84 Å². The van der Waals surface area contributed by atoms with Crippen molar-refractivity contribution in [3.63, 3.8) is 0 Å². The van der Waals surface area contributed by atoms with Gasteiger partial charge in [0.2, 0.25) is 6.29 Å². The van der Waals surface area contributed by atoms with E-state index in [9.17, 15) is 5.11 Å². The number of hydrogen-bond donors (Lipinski definition) is 0. The Balaban J connectivity index is 2.38. The number of rotatable bonds is 0. The Morgan fingerprint density at radius 1 is 1.83 bits per heavy atom. The maximum atomic E-state index is 10.0. The molecule has 0 spiro atoms. The second-order valence-corrected chi connectivity index (χ2v) is 1.13. The molecule has 0 saturated carbocycles. The minimum absolute atomic E-state index is 0.494. The average molecular weight is 85.1 g/mol. The lowest BCUT2D eigenvalue weighted by Crippen LogP contribution is -1.97. The highest BCUT2D eigenvalue weighted by atomic mass is 16.6. The van der Waals surface area contributed by atoms with Crippen molar-refractivity contribution in [2.24, 2.45) is 0 Å². The van der Waals surface area contributed by atoms with E-state index in [1.807, 2.05) is 0 Å². The predicted octanol–water partition coefficient (Wildman–Crippen LogP) is 0.329. The van der Waals surface area contributed by atoms with Crippen LogP contribution in [0.1, 0.15) is 0 Å². The standard InChI is InChI=1S/C4H5O2/c5-4-2-1-3-6-4/h1-2,4H,3H2. The van der Waals surface area contributed by atoms with Gasteiger partial charge in [-0.05, 0) is 6.08 Å². The van der Waals surface area contributed by atoms with Crippen molar-refractivity contribution >= 4 is 0 Å². The predicted molar refractivity (Wildman–Crippen MR) is 19.6 cm³/mol. The minimum atomic E-state index is -0.884. The molecule has 0 aromatic carbocycles. The fraction of sp³-hybridized carbons (Fsp3) is 0.500. The van der Waals surface area contributed by atoms with Gasteiger partial charge in [-0.15, -0.1) is 0 Å². The Bertz CT molecular complexity index is 67.9. The third kappa shape index (κ3) is 0.584. The van der Waals surface area contributed by atoms with Crippen molar-refractivity contribution in [1.82, 2.24) is 0 Å². The fourth-order valence-electron chi connectivity index (χ4n) is 0.373. The van der Waals surface area contributed by atoms with Crippen molar-refractivity contribution in [1.29, 1.82) is 0 Å². The summed E-state index contributed by atoms with van der Waals surface area (Å²) >= 11 is 0. The Morgan fingerprint density at radius 3 is 2.83 bits per heavy atom. The summed E-state index contributed by atoms with van der Waals surface area (Å²) < 4.78 is 4.49. The Hall–Kier alpha value is -0.340. The molecule has 0 amide bonds. The Labute approximate surface area is 36.0 Å². The van der Waals surface area contributed by atoms with Gasteiger partial charge in [0.1, 0.15) is 0 Å². The molecule has 0 saturated heterocycles. The molecule has 2 nitrogen and oxygen atoms in total. The monoisotopic (exact) mass is 85.0 g/mol. The highest BCUT2D eigenvalue weighted by Crippen LogP contribution is 1.97. The molecule has 1 rings (SSSR count). The second kappa shape index (κ2) is 1.41. The maximum absolute atomic E-state index is 10.0. The smallest absolute Gasteiger partial charge is 0.210 e. The zero-order chi connectivity index (χ0) is 4.41. The van der Waals surface area contributed by atoms with E-state index in [4.69, 9.17) is 0 Å². The highest BCUT2D eigenvalue weighted by Gasteiger charge is 2.02. The first-order valence-electron chi connectivity index (χ1n) is 1.83. The van der Waals surface area contributed by atoms with E-state index in [0.29, 0.717) is 6.61 Å². The average Bonchev–Trinajstić information content (AvgIpc) is 1.86. The molecule has 6 heavy (non-hydrogen) atoms. The van der Waals surface area contributed by atoms with Crippen LogP contribution in [0, 0.1) is 0 Å². The third-order valence-electron chi connectivity index (χ3n) is 0.650. The molecule has 1 atom stereocenters. The van der Waals surface area contributed by atoms with Crippen LogP contribution in [0.15, 0.2) is 12.2 Å². The van der Waals surface area contributed by atoms with Gasteiger partial charge in [0, 0.05) is 0 Å². The van der Waals surface area contributed by atoms with Gasteiger partial charge < -0.3 is 4.74 Å². The lowest BCUT2D eigenvalue weighted by molar-refractivity contribution is -0.0840. The maximum Gasteiger partial charge on any atom is 0.210 e. The SMILES string of the molecule is [O]C1C=CCO1. The van der Waals surface area contributed by atoms with Crippen molar-refractivity contribution in [3.05, 3.63) is 12.2 Å². The summed E-state index contributed by atoms with van der Waals surface area (Å²) in [5.74, 6) is 0. The molecule has 1 aliphatic heterocycles. The molecule has 0 N–H and O–H groups in total. The molecule has 33 valence electrons. The van der Waals surface area contributed by atoms with Gasteiger partial charge in [-0.3, -0.25) is 0 Å². The van der Waals surface area contributed by atoms with Gasteiger partial charge in [0.05, 0.1) is 6.61 Å². The topological polar surface area (TPSA) is 29.1 Å². The van der Waals surface area contributed by atoms with E-state index in [0.717, 1.165) is 0 Å². The lowest BCUT2D eigenvalue weighted by Gasteiger charge is -1.89. The van der Waals surface area contributed by atoms with Crippen LogP contribution in [0.25, 0.3) is 0 Å². The summed E-state index contributed by atoms with van der Waals surface area (Å²) in [6.45, 7) is 0.494. The van der Waals surface area contributed by atoms with Crippen molar-refractivity contribution in [2.45, 2.75) is 6.29 Å². The molecule has 0 bridgehead atoms. The summed E-state index contributed by atoms with van der Waals surface area (Å²) in [5, 5.41) is 10.0. The third-order valence-corrected chi connectivity index (χ3v) is 0.650. The molecule has 1 radical (unpaired) electrons. The van der Waals surface area contributed by atoms with Gasteiger partial charge in [-0.25, -0.2) is 0 Å². The summed E-state index contributed by atoms with van der Waals surface area (Å²) in [6, 6.07) is 0. The zero-order valence-electron chi connectivity index (χ0n) is 3.26. The van der Waals surface area contributed by atoms with E-state index in [2.05, 4.69) is 4.74 Å². The summed E-state index contributed by atoms with van der Waals surface area (Å²) in [6.07, 6.45) is 2.34. The van der Waals surface area contributed by atoms with Crippen LogP contribution in [0.2, 0.25) is 0 Å². The molecule has 0 aromatic rings. The van der Waals surface area contributed by atoms with E-state index in [-0.39, 0.29) is 0 Å². The van der Waals surface area contributed by atoms with E-state index < -0.39 is 6.29 Å². The van der Waals surface area contributed by atoms with E-state index in [1.165, 1.54) is 6.08 Å². The first kappa shape index (κ1) is 3.84. The minimum Gasteiger partial charge on any atom is -0.342 e. The molecule has 1 unspecified atom stereocenters. The van der Waals surface area contributed by atoms with Gasteiger partial charge in [-0.1, -0.05) is 6.08 Å². The largest absolute Gasteiger partial charge is 0.342 e. The molecular formula is C4H5O2. The van der Waals surface area contributed by atoms with Gasteiger partial charge >= 0.3 is 0 Å². The summed E-state index contributed by atoms with van der Waals surface area (Å²) in [5.41, 5.74) is 0. The number of ether oxygens (including phenoxy) is 1. The first-order chi connectivity index (χ1) is 2.89. The molecule has 2 heteroatoms. The van der Waals surface area contributed by atoms with E-state index >= 15 is 0 Å². The van der Waals surface area contributed by atoms with Crippen LogP contribution in [0.4, 0.5) is 0 Å².